The van der Waals surface area contributed by atoms with Crippen LogP contribution in [0.25, 0.3) is 0 Å². The highest BCUT2D eigenvalue weighted by molar-refractivity contribution is 6.30. The minimum atomic E-state index is -0.218. The minimum Gasteiger partial charge on any atom is -0.490 e. The highest BCUT2D eigenvalue weighted by atomic mass is 35.5. The van der Waals surface area contributed by atoms with Gasteiger partial charge in [0.25, 0.3) is 5.91 Å². The first-order valence-corrected chi connectivity index (χ1v) is 10.7. The third-order valence-electron chi connectivity index (χ3n) is 4.88. The Morgan fingerprint density at radius 1 is 1.00 bits per heavy atom. The van der Waals surface area contributed by atoms with Crippen LogP contribution in [0.1, 0.15) is 19.3 Å². The maximum Gasteiger partial charge on any atom is 0.262 e. The highest BCUT2D eigenvalue weighted by Gasteiger charge is 2.20. The van der Waals surface area contributed by atoms with Crippen molar-refractivity contribution in [1.82, 2.24) is 10.2 Å². The number of hydrogen-bond donors (Lipinski definition) is 1. The molecule has 2 aromatic rings. The molecule has 1 saturated heterocycles. The summed E-state index contributed by atoms with van der Waals surface area (Å²) >= 11 is 11.7. The summed E-state index contributed by atoms with van der Waals surface area (Å²) in [7, 11) is 0. The molecule has 0 aromatic heterocycles. The van der Waals surface area contributed by atoms with Crippen LogP contribution in [0.15, 0.2) is 60.8 Å². The fourth-order valence-corrected chi connectivity index (χ4v) is 3.48. The minimum absolute atomic E-state index is 0.0614. The molecule has 1 aliphatic rings. The number of nitrogens with zero attached hydrogens (tertiary/aromatic N) is 1. The number of carbonyl (C=O) groups excluding carboxylic acids is 1. The van der Waals surface area contributed by atoms with Gasteiger partial charge in [0.05, 0.1) is 0 Å². The molecule has 1 amide bonds. The van der Waals surface area contributed by atoms with E-state index in [0.717, 1.165) is 38.2 Å². The smallest absolute Gasteiger partial charge is 0.262 e. The molecule has 3 rings (SSSR count). The maximum atomic E-state index is 12.0. The van der Waals surface area contributed by atoms with Crippen LogP contribution in [0, 0.1) is 0 Å². The van der Waals surface area contributed by atoms with Crippen molar-refractivity contribution in [3.8, 4) is 11.5 Å². The van der Waals surface area contributed by atoms with Gasteiger partial charge >= 0.3 is 0 Å². The summed E-state index contributed by atoms with van der Waals surface area (Å²) in [6.45, 7) is 6.66. The van der Waals surface area contributed by atoms with Crippen LogP contribution in [0.3, 0.4) is 0 Å². The van der Waals surface area contributed by atoms with Gasteiger partial charge in [0.2, 0.25) is 0 Å². The zero-order chi connectivity index (χ0) is 21.3. The number of carbonyl (C=O) groups is 1. The summed E-state index contributed by atoms with van der Waals surface area (Å²) in [6, 6.07) is 14.4. The van der Waals surface area contributed by atoms with Crippen molar-refractivity contribution in [2.24, 2.45) is 0 Å². The van der Waals surface area contributed by atoms with E-state index in [4.69, 9.17) is 32.7 Å². The van der Waals surface area contributed by atoms with E-state index in [9.17, 15) is 4.79 Å². The molecule has 1 aliphatic heterocycles. The summed E-state index contributed by atoms with van der Waals surface area (Å²) in [5, 5.41) is 4.14. The molecule has 1 fully saturated rings. The Balaban J connectivity index is 1.30. The lowest BCUT2D eigenvalue weighted by Gasteiger charge is -2.32. The molecule has 30 heavy (non-hydrogen) atoms. The van der Waals surface area contributed by atoms with Crippen LogP contribution in [0.5, 0.6) is 11.5 Å². The van der Waals surface area contributed by atoms with E-state index in [1.54, 1.807) is 24.3 Å². The average molecular weight is 449 g/mol. The van der Waals surface area contributed by atoms with Crippen molar-refractivity contribution in [2.75, 3.05) is 26.2 Å². The molecule has 0 bridgehead atoms. The van der Waals surface area contributed by atoms with Gasteiger partial charge in [0, 0.05) is 35.4 Å². The topological polar surface area (TPSA) is 50.8 Å². The van der Waals surface area contributed by atoms with Crippen molar-refractivity contribution >= 4 is 29.1 Å². The lowest BCUT2D eigenvalue weighted by molar-refractivity contribution is -0.122. The summed E-state index contributed by atoms with van der Waals surface area (Å²) < 4.78 is 11.5. The van der Waals surface area contributed by atoms with Crippen molar-refractivity contribution in [2.45, 2.75) is 25.4 Å². The van der Waals surface area contributed by atoms with Crippen molar-refractivity contribution in [1.29, 1.82) is 0 Å². The molecule has 0 saturated carbocycles. The van der Waals surface area contributed by atoms with Gasteiger partial charge in [0.15, 0.2) is 6.61 Å². The van der Waals surface area contributed by atoms with Crippen LogP contribution in [0.4, 0.5) is 0 Å². The quantitative estimate of drug-likeness (QED) is 0.590. The van der Waals surface area contributed by atoms with Crippen molar-refractivity contribution < 1.29 is 14.3 Å². The molecule has 0 radical (unpaired) electrons. The van der Waals surface area contributed by atoms with E-state index < -0.39 is 0 Å². The third kappa shape index (κ3) is 7.56. The van der Waals surface area contributed by atoms with Gasteiger partial charge in [-0.2, -0.15) is 0 Å². The SMILES string of the molecule is C=C(CCN1CCC(Oc2ccc(Cl)cc2)CC1)NC(=O)COc1ccc(Cl)cc1. The van der Waals surface area contributed by atoms with Gasteiger partial charge in [-0.15, -0.1) is 0 Å². The number of halogens is 2. The molecule has 0 spiro atoms. The number of likely N-dealkylation sites (tertiary alicyclic amines) is 1. The molecule has 2 aromatic carbocycles. The van der Waals surface area contributed by atoms with Crippen LogP contribution in [-0.2, 0) is 4.79 Å². The first-order chi connectivity index (χ1) is 14.5. The Morgan fingerprint density at radius 3 is 2.17 bits per heavy atom. The number of nitrogens with one attached hydrogen (secondary N) is 1. The van der Waals surface area contributed by atoms with E-state index >= 15 is 0 Å². The van der Waals surface area contributed by atoms with Gasteiger partial charge < -0.3 is 19.7 Å². The molecule has 160 valence electrons. The molecule has 0 atom stereocenters. The number of ether oxygens (including phenoxy) is 2. The first kappa shape index (κ1) is 22.5. The van der Waals surface area contributed by atoms with Crippen LogP contribution in [-0.4, -0.2) is 43.2 Å². The van der Waals surface area contributed by atoms with E-state index in [1.165, 1.54) is 0 Å². The Morgan fingerprint density at radius 2 is 1.57 bits per heavy atom. The van der Waals surface area contributed by atoms with Crippen LogP contribution >= 0.6 is 23.2 Å². The fraction of sp³-hybridized carbons (Fsp3) is 0.348. The standard InChI is InChI=1S/C23H26Cl2N2O3/c1-17(26-23(28)16-29-20-6-2-18(24)3-7-20)10-13-27-14-11-22(12-15-27)30-21-8-4-19(25)5-9-21/h2-9,22H,1,10-16H2,(H,26,28). The predicted octanol–water partition coefficient (Wildman–Crippen LogP) is 4.94. The van der Waals surface area contributed by atoms with Gasteiger partial charge in [0.1, 0.15) is 17.6 Å². The largest absolute Gasteiger partial charge is 0.490 e. The monoisotopic (exact) mass is 448 g/mol. The molecular formula is C23H26Cl2N2O3. The zero-order valence-electron chi connectivity index (χ0n) is 16.8. The molecule has 1 heterocycles. The third-order valence-corrected chi connectivity index (χ3v) is 5.38. The second kappa shape index (κ2) is 11.3. The molecule has 7 heteroatoms. The molecule has 0 unspecified atom stereocenters. The summed E-state index contributed by atoms with van der Waals surface area (Å²) in [4.78, 5) is 14.4. The van der Waals surface area contributed by atoms with Gasteiger partial charge in [-0.25, -0.2) is 0 Å². The Bertz CT molecular complexity index is 833. The summed E-state index contributed by atoms with van der Waals surface area (Å²) in [5.74, 6) is 1.24. The van der Waals surface area contributed by atoms with Gasteiger partial charge in [-0.05, 0) is 67.8 Å². The summed E-state index contributed by atoms with van der Waals surface area (Å²) in [6.07, 6.45) is 2.86. The normalized spacial score (nSPS) is 14.9. The van der Waals surface area contributed by atoms with Gasteiger partial charge in [-0.1, -0.05) is 29.8 Å². The number of hydrogen-bond acceptors (Lipinski definition) is 4. The maximum absolute atomic E-state index is 12.0. The second-order valence-electron chi connectivity index (χ2n) is 7.26. The second-order valence-corrected chi connectivity index (χ2v) is 8.13. The number of amides is 1. The van der Waals surface area contributed by atoms with Crippen LogP contribution < -0.4 is 14.8 Å². The number of piperidine rings is 1. The van der Waals surface area contributed by atoms with Crippen molar-refractivity contribution in [3.05, 3.63) is 70.9 Å². The average Bonchev–Trinajstić information content (AvgIpc) is 2.74. The Kier molecular flexibility index (Phi) is 8.43. The zero-order valence-corrected chi connectivity index (χ0v) is 18.3. The van der Waals surface area contributed by atoms with Crippen molar-refractivity contribution in [3.63, 3.8) is 0 Å². The Labute approximate surface area is 187 Å². The van der Waals surface area contributed by atoms with E-state index in [1.807, 2.05) is 24.3 Å². The Hall–Kier alpha value is -2.21. The number of benzene rings is 2. The number of rotatable bonds is 9. The van der Waals surface area contributed by atoms with Crippen LogP contribution in [0.2, 0.25) is 10.0 Å². The van der Waals surface area contributed by atoms with E-state index in [-0.39, 0.29) is 18.6 Å². The fourth-order valence-electron chi connectivity index (χ4n) is 3.22. The molecule has 5 nitrogen and oxygen atoms in total. The van der Waals surface area contributed by atoms with E-state index in [0.29, 0.717) is 27.9 Å². The molecular weight excluding hydrogens is 423 g/mol. The molecule has 0 aliphatic carbocycles. The highest BCUT2D eigenvalue weighted by Crippen LogP contribution is 2.21. The van der Waals surface area contributed by atoms with E-state index in [2.05, 4.69) is 16.8 Å². The lowest BCUT2D eigenvalue weighted by atomic mass is 10.1. The predicted molar refractivity (Wildman–Crippen MR) is 120 cm³/mol. The summed E-state index contributed by atoms with van der Waals surface area (Å²) in [5.41, 5.74) is 0.694. The van der Waals surface area contributed by atoms with Gasteiger partial charge in [-0.3, -0.25) is 4.79 Å². The molecule has 1 N–H and O–H groups in total. The first-order valence-electron chi connectivity index (χ1n) is 9.98. The lowest BCUT2D eigenvalue weighted by Crippen LogP contribution is -2.39.